The first-order chi connectivity index (χ1) is 10.8. The van der Waals surface area contributed by atoms with Crippen LogP contribution in [0.2, 0.25) is 0 Å². The van der Waals surface area contributed by atoms with Gasteiger partial charge in [0.05, 0.1) is 11.2 Å². The van der Waals surface area contributed by atoms with Crippen LogP contribution in [0, 0.1) is 0 Å². The van der Waals surface area contributed by atoms with Gasteiger partial charge in [-0.2, -0.15) is 0 Å². The predicted octanol–water partition coefficient (Wildman–Crippen LogP) is 3.53. The molecule has 0 bridgehead atoms. The van der Waals surface area contributed by atoms with Crippen molar-refractivity contribution in [3.63, 3.8) is 0 Å². The normalized spacial score (nSPS) is 10.6. The fourth-order valence-corrected chi connectivity index (χ4v) is 3.02. The van der Waals surface area contributed by atoms with Crippen LogP contribution in [0.15, 0.2) is 48.9 Å². The van der Waals surface area contributed by atoms with E-state index in [9.17, 15) is 4.79 Å². The first kappa shape index (κ1) is 14.5. The van der Waals surface area contributed by atoms with E-state index in [-0.39, 0.29) is 5.91 Å². The first-order valence-corrected chi connectivity index (χ1v) is 7.94. The number of hydrogen-bond donors (Lipinski definition) is 1. The second-order valence-corrected chi connectivity index (χ2v) is 5.89. The van der Waals surface area contributed by atoms with E-state index in [1.807, 2.05) is 41.1 Å². The summed E-state index contributed by atoms with van der Waals surface area (Å²) in [4.78, 5) is 21.4. The van der Waals surface area contributed by atoms with Crippen LogP contribution >= 0.6 is 11.3 Å². The lowest BCUT2D eigenvalue weighted by Crippen LogP contribution is -2.14. The molecule has 1 amide bonds. The van der Waals surface area contributed by atoms with Gasteiger partial charge in [0, 0.05) is 18.1 Å². The Bertz CT molecular complexity index is 763. The van der Waals surface area contributed by atoms with E-state index < -0.39 is 0 Å². The van der Waals surface area contributed by atoms with Gasteiger partial charge in [-0.15, -0.1) is 11.3 Å². The smallest absolute Gasteiger partial charge is 0.269 e. The van der Waals surface area contributed by atoms with Crippen molar-refractivity contribution < 1.29 is 4.79 Å². The number of benzene rings is 1. The van der Waals surface area contributed by atoms with Crippen LogP contribution in [0.3, 0.4) is 0 Å². The standard InChI is InChI=1S/C16H16N4OS/c1-2-6-14-18-11-13(22-14)15(21)19-16-17-9-10-20(16)12-7-4-3-5-8-12/h3-5,7-11H,2,6H2,1H3,(H,17,19,21). The number of aromatic nitrogens is 3. The first-order valence-electron chi connectivity index (χ1n) is 7.12. The van der Waals surface area contributed by atoms with Crippen molar-refractivity contribution in [1.29, 1.82) is 0 Å². The van der Waals surface area contributed by atoms with Gasteiger partial charge in [-0.1, -0.05) is 25.1 Å². The molecular weight excluding hydrogens is 296 g/mol. The summed E-state index contributed by atoms with van der Waals surface area (Å²) in [6.07, 6.45) is 7.03. The molecule has 3 rings (SSSR count). The van der Waals surface area contributed by atoms with Crippen LogP contribution in [0.1, 0.15) is 28.0 Å². The summed E-state index contributed by atoms with van der Waals surface area (Å²) in [7, 11) is 0. The third kappa shape index (κ3) is 3.07. The summed E-state index contributed by atoms with van der Waals surface area (Å²) in [5, 5.41) is 3.83. The van der Waals surface area contributed by atoms with Gasteiger partial charge in [0.2, 0.25) is 5.95 Å². The molecule has 22 heavy (non-hydrogen) atoms. The molecule has 6 heteroatoms. The second-order valence-electron chi connectivity index (χ2n) is 4.78. The maximum Gasteiger partial charge on any atom is 0.269 e. The van der Waals surface area contributed by atoms with Crippen molar-refractivity contribution in [2.75, 3.05) is 5.32 Å². The van der Waals surface area contributed by atoms with Crippen LogP contribution in [0.25, 0.3) is 5.69 Å². The third-order valence-corrected chi connectivity index (χ3v) is 4.20. The van der Waals surface area contributed by atoms with Gasteiger partial charge in [0.15, 0.2) is 0 Å². The number of nitrogens with zero attached hydrogens (tertiary/aromatic N) is 3. The zero-order chi connectivity index (χ0) is 15.4. The number of rotatable bonds is 5. The van der Waals surface area contributed by atoms with Gasteiger partial charge < -0.3 is 0 Å². The highest BCUT2D eigenvalue weighted by Gasteiger charge is 2.13. The number of para-hydroxylation sites is 1. The Balaban J connectivity index is 1.79. The number of anilines is 1. The maximum atomic E-state index is 12.3. The summed E-state index contributed by atoms with van der Waals surface area (Å²) >= 11 is 1.43. The van der Waals surface area contributed by atoms with Crippen molar-refractivity contribution in [2.24, 2.45) is 0 Å². The van der Waals surface area contributed by atoms with Gasteiger partial charge in [0.25, 0.3) is 5.91 Å². The molecule has 2 heterocycles. The third-order valence-electron chi connectivity index (χ3n) is 3.14. The largest absolute Gasteiger partial charge is 0.291 e. The van der Waals surface area contributed by atoms with Crippen LogP contribution in [-0.4, -0.2) is 20.4 Å². The van der Waals surface area contributed by atoms with Crippen LogP contribution in [0.5, 0.6) is 0 Å². The molecule has 5 nitrogen and oxygen atoms in total. The molecule has 0 fully saturated rings. The van der Waals surface area contributed by atoms with E-state index in [0.717, 1.165) is 23.5 Å². The zero-order valence-corrected chi connectivity index (χ0v) is 13.0. The molecule has 0 saturated heterocycles. The highest BCUT2D eigenvalue weighted by Crippen LogP contribution is 2.18. The Morgan fingerprint density at radius 1 is 1.27 bits per heavy atom. The van der Waals surface area contributed by atoms with Crippen molar-refractivity contribution >= 4 is 23.2 Å². The van der Waals surface area contributed by atoms with E-state index in [1.54, 1.807) is 12.4 Å². The molecular formula is C16H16N4OS. The van der Waals surface area contributed by atoms with Gasteiger partial charge in [-0.05, 0) is 25.0 Å². The van der Waals surface area contributed by atoms with Gasteiger partial charge in [-0.25, -0.2) is 9.97 Å². The number of carbonyl (C=O) groups is 1. The molecule has 0 spiro atoms. The SMILES string of the molecule is CCCc1ncc(C(=O)Nc2nccn2-c2ccccc2)s1. The minimum absolute atomic E-state index is 0.178. The lowest BCUT2D eigenvalue weighted by molar-refractivity contribution is 0.102. The zero-order valence-electron chi connectivity index (χ0n) is 12.2. The second kappa shape index (κ2) is 6.53. The average Bonchev–Trinajstić information content (AvgIpc) is 3.18. The topological polar surface area (TPSA) is 59.8 Å². The number of carbonyl (C=O) groups excluding carboxylic acids is 1. The van der Waals surface area contributed by atoms with E-state index in [1.165, 1.54) is 11.3 Å². The summed E-state index contributed by atoms with van der Waals surface area (Å²) in [6, 6.07) is 9.76. The molecule has 0 atom stereocenters. The van der Waals surface area contributed by atoms with E-state index >= 15 is 0 Å². The van der Waals surface area contributed by atoms with Gasteiger partial charge >= 0.3 is 0 Å². The highest BCUT2D eigenvalue weighted by molar-refractivity contribution is 7.13. The molecule has 0 unspecified atom stereocenters. The fraction of sp³-hybridized carbons (Fsp3) is 0.188. The molecule has 1 N–H and O–H groups in total. The van der Waals surface area contributed by atoms with Crippen molar-refractivity contribution in [2.45, 2.75) is 19.8 Å². The molecule has 1 aromatic carbocycles. The summed E-state index contributed by atoms with van der Waals surface area (Å²) in [6.45, 7) is 2.10. The lowest BCUT2D eigenvalue weighted by Gasteiger charge is -2.07. The number of imidazole rings is 1. The van der Waals surface area contributed by atoms with Crippen LogP contribution in [0.4, 0.5) is 5.95 Å². The lowest BCUT2D eigenvalue weighted by atomic mass is 10.3. The number of thiazole rings is 1. The molecule has 3 aromatic rings. The number of aryl methyl sites for hydroxylation is 1. The van der Waals surface area contributed by atoms with E-state index in [0.29, 0.717) is 10.8 Å². The Morgan fingerprint density at radius 2 is 2.09 bits per heavy atom. The monoisotopic (exact) mass is 312 g/mol. The molecule has 0 aliphatic carbocycles. The van der Waals surface area contributed by atoms with Gasteiger partial charge in [-0.3, -0.25) is 14.7 Å². The summed E-state index contributed by atoms with van der Waals surface area (Å²) in [5.41, 5.74) is 0.950. The molecule has 112 valence electrons. The summed E-state index contributed by atoms with van der Waals surface area (Å²) < 4.78 is 1.84. The van der Waals surface area contributed by atoms with E-state index in [4.69, 9.17) is 0 Å². The van der Waals surface area contributed by atoms with Crippen LogP contribution < -0.4 is 5.32 Å². The fourth-order valence-electron chi connectivity index (χ4n) is 2.10. The molecule has 0 saturated carbocycles. The Morgan fingerprint density at radius 3 is 2.86 bits per heavy atom. The Labute approximate surface area is 132 Å². The maximum absolute atomic E-state index is 12.3. The number of nitrogens with one attached hydrogen (secondary N) is 1. The Kier molecular flexibility index (Phi) is 4.29. The van der Waals surface area contributed by atoms with Gasteiger partial charge in [0.1, 0.15) is 4.88 Å². The summed E-state index contributed by atoms with van der Waals surface area (Å²) in [5.74, 6) is 0.324. The Hall–Kier alpha value is -2.47. The van der Waals surface area contributed by atoms with Crippen LogP contribution in [-0.2, 0) is 6.42 Å². The average molecular weight is 312 g/mol. The number of hydrogen-bond acceptors (Lipinski definition) is 4. The predicted molar refractivity (Wildman–Crippen MR) is 87.6 cm³/mol. The quantitative estimate of drug-likeness (QED) is 0.784. The van der Waals surface area contributed by atoms with E-state index in [2.05, 4.69) is 22.2 Å². The minimum Gasteiger partial charge on any atom is -0.291 e. The molecule has 0 aliphatic heterocycles. The minimum atomic E-state index is -0.178. The number of amides is 1. The van der Waals surface area contributed by atoms with Crippen molar-refractivity contribution in [3.8, 4) is 5.69 Å². The molecule has 0 aliphatic rings. The molecule has 0 radical (unpaired) electrons. The molecule has 2 aromatic heterocycles. The van der Waals surface area contributed by atoms with Crippen molar-refractivity contribution in [1.82, 2.24) is 14.5 Å². The highest BCUT2D eigenvalue weighted by atomic mass is 32.1. The van der Waals surface area contributed by atoms with Crippen molar-refractivity contribution in [3.05, 3.63) is 58.8 Å².